The first-order valence-corrected chi connectivity index (χ1v) is 14.3. The molecule has 0 radical (unpaired) electrons. The molecule has 1 aliphatic heterocycles. The zero-order valence-electron chi connectivity index (χ0n) is 21.8. The Labute approximate surface area is 246 Å². The van der Waals surface area contributed by atoms with E-state index < -0.39 is 83.5 Å². The third kappa shape index (κ3) is 6.03. The fourth-order valence-corrected chi connectivity index (χ4v) is 7.32. The summed E-state index contributed by atoms with van der Waals surface area (Å²) in [5.74, 6) is -7.51. The van der Waals surface area contributed by atoms with Gasteiger partial charge in [-0.3, -0.25) is 0 Å². The predicted octanol–water partition coefficient (Wildman–Crippen LogP) is 4.41. The SMILES string of the molecule is OC[C@H]1O[C@@H](SC(c2ccccc2Cl)C2(O)CCC(F)(F)CC2)[C@H](O)[C@@H](n2cc(-c3cc(F)c(F)c(F)c3)nn2)[C@H]1O. The van der Waals surface area contributed by atoms with Gasteiger partial charge in [0.15, 0.2) is 17.5 Å². The molecular weight excluding hydrogens is 609 g/mol. The number of halogens is 6. The lowest BCUT2D eigenvalue weighted by Gasteiger charge is -2.46. The van der Waals surface area contributed by atoms with Crippen molar-refractivity contribution in [2.45, 2.75) is 72.2 Å². The number of alkyl halides is 2. The van der Waals surface area contributed by atoms with Crippen LogP contribution in [0.25, 0.3) is 11.3 Å². The monoisotopic (exact) mass is 635 g/mol. The summed E-state index contributed by atoms with van der Waals surface area (Å²) in [7, 11) is 0. The average molecular weight is 636 g/mol. The third-order valence-corrected chi connectivity index (χ3v) is 9.70. The van der Waals surface area contributed by atoms with Gasteiger partial charge in [-0.05, 0) is 36.6 Å². The molecule has 0 spiro atoms. The minimum atomic E-state index is -2.94. The van der Waals surface area contributed by atoms with Gasteiger partial charge in [0.2, 0.25) is 5.92 Å². The van der Waals surface area contributed by atoms with Crippen LogP contribution in [0.2, 0.25) is 5.02 Å². The van der Waals surface area contributed by atoms with Crippen molar-refractivity contribution in [2.24, 2.45) is 0 Å². The Kier molecular flexibility index (Phi) is 8.87. The average Bonchev–Trinajstić information content (AvgIpc) is 3.43. The Bertz CT molecular complexity index is 1400. The van der Waals surface area contributed by atoms with Crippen molar-refractivity contribution in [3.8, 4) is 11.3 Å². The molecule has 1 aromatic heterocycles. The number of ether oxygens (including phenoxy) is 1. The number of hydrogen-bond donors (Lipinski definition) is 4. The fourth-order valence-electron chi connectivity index (χ4n) is 5.37. The quantitative estimate of drug-likeness (QED) is 0.223. The van der Waals surface area contributed by atoms with Crippen LogP contribution in [0.5, 0.6) is 0 Å². The highest BCUT2D eigenvalue weighted by atomic mass is 35.5. The normalized spacial score (nSPS) is 28.0. The Hall–Kier alpha value is -2.33. The van der Waals surface area contributed by atoms with Crippen LogP contribution >= 0.6 is 23.4 Å². The summed E-state index contributed by atoms with van der Waals surface area (Å²) in [5, 5.41) is 51.0. The van der Waals surface area contributed by atoms with Crippen LogP contribution in [0.15, 0.2) is 42.6 Å². The lowest BCUT2D eigenvalue weighted by Crippen LogP contribution is -2.55. The van der Waals surface area contributed by atoms with Crippen molar-refractivity contribution in [1.29, 1.82) is 0 Å². The lowest BCUT2D eigenvalue weighted by atomic mass is 9.78. The van der Waals surface area contributed by atoms with Crippen molar-refractivity contribution < 1.29 is 47.1 Å². The van der Waals surface area contributed by atoms with Crippen LogP contribution in [0.3, 0.4) is 0 Å². The van der Waals surface area contributed by atoms with Crippen LogP contribution in [-0.2, 0) is 4.74 Å². The van der Waals surface area contributed by atoms with Gasteiger partial charge in [0.25, 0.3) is 0 Å². The van der Waals surface area contributed by atoms with Gasteiger partial charge in [0.05, 0.1) is 23.7 Å². The molecule has 3 aromatic rings. The van der Waals surface area contributed by atoms with Crippen molar-refractivity contribution in [3.05, 3.63) is 70.6 Å². The maximum Gasteiger partial charge on any atom is 0.248 e. The summed E-state index contributed by atoms with van der Waals surface area (Å²) in [5.41, 5.74) is -2.77. The zero-order valence-corrected chi connectivity index (χ0v) is 23.3. The first-order valence-electron chi connectivity index (χ1n) is 13.0. The van der Waals surface area contributed by atoms with E-state index in [9.17, 15) is 42.4 Å². The Morgan fingerprint density at radius 2 is 1.69 bits per heavy atom. The molecule has 228 valence electrons. The van der Waals surface area contributed by atoms with Gasteiger partial charge in [0, 0.05) is 23.4 Å². The molecule has 15 heteroatoms. The van der Waals surface area contributed by atoms with Crippen molar-refractivity contribution in [3.63, 3.8) is 0 Å². The van der Waals surface area contributed by atoms with Gasteiger partial charge in [-0.1, -0.05) is 35.0 Å². The van der Waals surface area contributed by atoms with Crippen molar-refractivity contribution >= 4 is 23.4 Å². The molecule has 8 nitrogen and oxygen atoms in total. The molecule has 1 unspecified atom stereocenters. The maximum atomic E-state index is 14.0. The molecular formula is C27H27ClF5N3O5S. The summed E-state index contributed by atoms with van der Waals surface area (Å²) in [6.45, 7) is -0.690. The number of rotatable bonds is 7. The van der Waals surface area contributed by atoms with E-state index in [4.69, 9.17) is 16.3 Å². The molecule has 2 heterocycles. The molecule has 1 saturated carbocycles. The van der Waals surface area contributed by atoms with Crippen LogP contribution in [0.4, 0.5) is 22.0 Å². The number of nitrogens with zero attached hydrogens (tertiary/aromatic N) is 3. The second-order valence-electron chi connectivity index (χ2n) is 10.5. The summed E-state index contributed by atoms with van der Waals surface area (Å²) < 4.78 is 76.0. The molecule has 2 aliphatic rings. The van der Waals surface area contributed by atoms with Gasteiger partial charge in [-0.15, -0.1) is 16.9 Å². The first-order chi connectivity index (χ1) is 19.8. The summed E-state index contributed by atoms with van der Waals surface area (Å²) in [6, 6.07) is 6.62. The standard InChI is InChI=1S/C27H27ClF5N3O5S/c28-15-4-2-1-3-14(15)24(26(40)5-7-27(32,33)8-6-26)42-25-23(39)21(22(38)19(12-37)41-25)36-11-18(34-35-36)13-9-16(29)20(31)17(30)10-13/h1-4,9-11,19,21-25,37-40H,5-8,12H2/t19-,21+,22+,23-,24?,25+/m1/s1. The molecule has 0 bridgehead atoms. The van der Waals surface area contributed by atoms with E-state index >= 15 is 0 Å². The van der Waals surface area contributed by atoms with Gasteiger partial charge >= 0.3 is 0 Å². The Morgan fingerprint density at radius 1 is 1.05 bits per heavy atom. The van der Waals surface area contributed by atoms with E-state index in [1.54, 1.807) is 24.3 Å². The smallest absolute Gasteiger partial charge is 0.248 e. The van der Waals surface area contributed by atoms with Crippen LogP contribution < -0.4 is 0 Å². The lowest BCUT2D eigenvalue weighted by molar-refractivity contribution is -0.179. The van der Waals surface area contributed by atoms with Crippen molar-refractivity contribution in [2.75, 3.05) is 6.61 Å². The largest absolute Gasteiger partial charge is 0.394 e. The summed E-state index contributed by atoms with van der Waals surface area (Å²) in [4.78, 5) is 0. The topological polar surface area (TPSA) is 121 Å². The van der Waals surface area contributed by atoms with Gasteiger partial charge in [-0.25, -0.2) is 26.6 Å². The van der Waals surface area contributed by atoms with Crippen molar-refractivity contribution in [1.82, 2.24) is 15.0 Å². The molecule has 2 fully saturated rings. The summed E-state index contributed by atoms with van der Waals surface area (Å²) >= 11 is 7.35. The van der Waals surface area contributed by atoms with Gasteiger partial charge < -0.3 is 25.2 Å². The molecule has 1 aliphatic carbocycles. The summed E-state index contributed by atoms with van der Waals surface area (Å²) in [6.07, 6.45) is -4.88. The van der Waals surface area contributed by atoms with E-state index in [-0.39, 0.29) is 29.1 Å². The van der Waals surface area contributed by atoms with E-state index in [0.29, 0.717) is 17.7 Å². The van der Waals surface area contributed by atoms with Crippen LogP contribution in [0, 0.1) is 17.5 Å². The second-order valence-corrected chi connectivity index (χ2v) is 12.1. The number of aliphatic hydroxyl groups is 4. The molecule has 2 aromatic carbocycles. The number of aromatic nitrogens is 3. The number of hydrogen-bond acceptors (Lipinski definition) is 8. The van der Waals surface area contributed by atoms with E-state index in [1.165, 1.54) is 6.20 Å². The molecule has 42 heavy (non-hydrogen) atoms. The predicted molar refractivity (Wildman–Crippen MR) is 142 cm³/mol. The maximum absolute atomic E-state index is 14.0. The Morgan fingerprint density at radius 3 is 2.31 bits per heavy atom. The highest BCUT2D eigenvalue weighted by Gasteiger charge is 2.52. The van der Waals surface area contributed by atoms with Crippen LogP contribution in [0.1, 0.15) is 42.5 Å². The number of aliphatic hydroxyl groups excluding tert-OH is 3. The first kappa shape index (κ1) is 31.1. The van der Waals surface area contributed by atoms with E-state index in [0.717, 1.165) is 16.4 Å². The highest BCUT2D eigenvalue weighted by molar-refractivity contribution is 8.00. The highest BCUT2D eigenvalue weighted by Crippen LogP contribution is 2.53. The van der Waals surface area contributed by atoms with Crippen LogP contribution in [-0.4, -0.2) is 77.3 Å². The number of benzene rings is 2. The molecule has 1 saturated heterocycles. The van der Waals surface area contributed by atoms with E-state index in [2.05, 4.69) is 10.3 Å². The minimum absolute atomic E-state index is 0.102. The zero-order chi connectivity index (χ0) is 30.4. The fraction of sp³-hybridized carbons (Fsp3) is 0.481. The third-order valence-electron chi connectivity index (χ3n) is 7.74. The Balaban J connectivity index is 1.47. The molecule has 0 amide bonds. The molecule has 6 atom stereocenters. The second kappa shape index (κ2) is 12.0. The van der Waals surface area contributed by atoms with Gasteiger partial charge in [-0.2, -0.15) is 0 Å². The molecule has 4 N–H and O–H groups in total. The molecule has 5 rings (SSSR count). The van der Waals surface area contributed by atoms with Gasteiger partial charge in [0.1, 0.15) is 35.5 Å². The van der Waals surface area contributed by atoms with E-state index in [1.807, 2.05) is 0 Å². The number of thioether (sulfide) groups is 1. The minimum Gasteiger partial charge on any atom is -0.394 e.